The molecule has 0 spiro atoms. The van der Waals surface area contributed by atoms with E-state index >= 15 is 0 Å². The number of nitrogens with one attached hydrogen (secondary N) is 1. The van der Waals surface area contributed by atoms with Gasteiger partial charge in [0.2, 0.25) is 5.91 Å². The van der Waals surface area contributed by atoms with Gasteiger partial charge in [0.1, 0.15) is 5.75 Å². The van der Waals surface area contributed by atoms with Crippen LogP contribution in [0, 0.1) is 0 Å². The Morgan fingerprint density at radius 2 is 1.96 bits per heavy atom. The number of benzene rings is 2. The molecule has 0 aliphatic carbocycles. The Hall–Kier alpha value is -2.33. The van der Waals surface area contributed by atoms with Crippen LogP contribution in [0.2, 0.25) is 0 Å². The Bertz CT molecular complexity index is 700. The molecule has 0 radical (unpaired) electrons. The highest BCUT2D eigenvalue weighted by molar-refractivity contribution is 5.94. The molecule has 4 heteroatoms. The summed E-state index contributed by atoms with van der Waals surface area (Å²) in [5, 5.41) is 3.34. The number of carbonyl (C=O) groups is 1. The fourth-order valence-electron chi connectivity index (χ4n) is 3.20. The first kappa shape index (κ1) is 16.5. The summed E-state index contributed by atoms with van der Waals surface area (Å²) in [6, 6.07) is 16.2. The SMILES string of the molecule is COc1ccccc1CNCCC(=O)N1CCCc2ccccc21. The lowest BCUT2D eigenvalue weighted by molar-refractivity contribution is -0.118. The van der Waals surface area contributed by atoms with Crippen molar-refractivity contribution in [3.63, 3.8) is 0 Å². The van der Waals surface area contributed by atoms with E-state index in [9.17, 15) is 4.79 Å². The predicted octanol–water partition coefficient (Wildman–Crippen LogP) is 3.15. The maximum atomic E-state index is 12.6. The monoisotopic (exact) mass is 324 g/mol. The van der Waals surface area contributed by atoms with Gasteiger partial charge in [-0.1, -0.05) is 36.4 Å². The second-order valence-electron chi connectivity index (χ2n) is 6.02. The largest absolute Gasteiger partial charge is 0.496 e. The van der Waals surface area contributed by atoms with E-state index in [1.807, 2.05) is 41.3 Å². The number of fused-ring (bicyclic) bond motifs is 1. The molecular formula is C20H24N2O2. The van der Waals surface area contributed by atoms with Crippen molar-refractivity contribution in [3.05, 3.63) is 59.7 Å². The third-order valence-corrected chi connectivity index (χ3v) is 4.43. The van der Waals surface area contributed by atoms with E-state index in [2.05, 4.69) is 17.4 Å². The summed E-state index contributed by atoms with van der Waals surface area (Å²) >= 11 is 0. The lowest BCUT2D eigenvalue weighted by Gasteiger charge is -2.29. The van der Waals surface area contributed by atoms with Crippen molar-refractivity contribution in [1.82, 2.24) is 5.32 Å². The van der Waals surface area contributed by atoms with Gasteiger partial charge in [0.05, 0.1) is 7.11 Å². The average molecular weight is 324 g/mol. The Balaban J connectivity index is 1.52. The number of nitrogens with zero attached hydrogens (tertiary/aromatic N) is 1. The summed E-state index contributed by atoms with van der Waals surface area (Å²) in [5.41, 5.74) is 3.47. The van der Waals surface area contributed by atoms with E-state index in [1.54, 1.807) is 7.11 Å². The Morgan fingerprint density at radius 1 is 1.17 bits per heavy atom. The Labute approximate surface area is 143 Å². The zero-order chi connectivity index (χ0) is 16.8. The lowest BCUT2D eigenvalue weighted by atomic mass is 10.0. The van der Waals surface area contributed by atoms with Crippen molar-refractivity contribution < 1.29 is 9.53 Å². The van der Waals surface area contributed by atoms with Crippen LogP contribution in [0.15, 0.2) is 48.5 Å². The number of aryl methyl sites for hydroxylation is 1. The summed E-state index contributed by atoms with van der Waals surface area (Å²) in [4.78, 5) is 14.5. The third kappa shape index (κ3) is 3.77. The minimum Gasteiger partial charge on any atom is -0.496 e. The highest BCUT2D eigenvalue weighted by Gasteiger charge is 2.21. The first-order chi connectivity index (χ1) is 11.8. The van der Waals surface area contributed by atoms with E-state index in [0.717, 1.165) is 36.4 Å². The van der Waals surface area contributed by atoms with Gasteiger partial charge in [-0.05, 0) is 30.5 Å². The Morgan fingerprint density at radius 3 is 2.83 bits per heavy atom. The van der Waals surface area contributed by atoms with Gasteiger partial charge in [-0.15, -0.1) is 0 Å². The van der Waals surface area contributed by atoms with Gasteiger partial charge in [-0.2, -0.15) is 0 Å². The first-order valence-electron chi connectivity index (χ1n) is 8.50. The predicted molar refractivity (Wildman–Crippen MR) is 96.4 cm³/mol. The number of amides is 1. The number of anilines is 1. The normalized spacial score (nSPS) is 13.5. The zero-order valence-electron chi connectivity index (χ0n) is 14.1. The summed E-state index contributed by atoms with van der Waals surface area (Å²) in [5.74, 6) is 1.07. The molecule has 1 aliphatic rings. The lowest BCUT2D eigenvalue weighted by Crippen LogP contribution is -2.37. The quantitative estimate of drug-likeness (QED) is 0.830. The number of methoxy groups -OCH3 is 1. The second-order valence-corrected chi connectivity index (χ2v) is 6.02. The topological polar surface area (TPSA) is 41.6 Å². The standard InChI is InChI=1S/C20H24N2O2/c1-24-19-11-5-3-8-17(19)15-21-13-12-20(23)22-14-6-9-16-7-2-4-10-18(16)22/h2-5,7-8,10-11,21H,6,9,12-15H2,1H3. The molecule has 3 rings (SSSR count). The first-order valence-corrected chi connectivity index (χ1v) is 8.50. The van der Waals surface area contributed by atoms with E-state index < -0.39 is 0 Å². The molecule has 0 bridgehead atoms. The molecule has 2 aromatic carbocycles. The molecular weight excluding hydrogens is 300 g/mol. The number of carbonyl (C=O) groups excluding carboxylic acids is 1. The van der Waals surface area contributed by atoms with Crippen molar-refractivity contribution in [2.24, 2.45) is 0 Å². The highest BCUT2D eigenvalue weighted by Crippen LogP contribution is 2.27. The van der Waals surface area contributed by atoms with Crippen molar-refractivity contribution in [2.45, 2.75) is 25.8 Å². The van der Waals surface area contributed by atoms with Gasteiger partial charge >= 0.3 is 0 Å². The molecule has 4 nitrogen and oxygen atoms in total. The van der Waals surface area contributed by atoms with Crippen LogP contribution in [0.5, 0.6) is 5.75 Å². The van der Waals surface area contributed by atoms with E-state index in [0.29, 0.717) is 19.5 Å². The minimum absolute atomic E-state index is 0.190. The van der Waals surface area contributed by atoms with Crippen LogP contribution >= 0.6 is 0 Å². The number of ether oxygens (including phenoxy) is 1. The van der Waals surface area contributed by atoms with Gasteiger partial charge in [-0.25, -0.2) is 0 Å². The fourth-order valence-corrected chi connectivity index (χ4v) is 3.20. The van der Waals surface area contributed by atoms with Crippen molar-refractivity contribution >= 4 is 11.6 Å². The zero-order valence-corrected chi connectivity index (χ0v) is 14.1. The van der Waals surface area contributed by atoms with Gasteiger partial charge in [-0.3, -0.25) is 4.79 Å². The molecule has 0 unspecified atom stereocenters. The van der Waals surface area contributed by atoms with Gasteiger partial charge < -0.3 is 15.0 Å². The number of rotatable bonds is 6. The molecule has 0 aromatic heterocycles. The minimum atomic E-state index is 0.190. The summed E-state index contributed by atoms with van der Waals surface area (Å²) in [7, 11) is 1.68. The van der Waals surface area contributed by atoms with Gasteiger partial charge in [0.25, 0.3) is 0 Å². The maximum Gasteiger partial charge on any atom is 0.228 e. The van der Waals surface area contributed by atoms with E-state index in [-0.39, 0.29) is 5.91 Å². The van der Waals surface area contributed by atoms with Crippen LogP contribution < -0.4 is 15.0 Å². The number of hydrogen-bond donors (Lipinski definition) is 1. The summed E-state index contributed by atoms with van der Waals surface area (Å²) < 4.78 is 5.34. The molecule has 0 fully saturated rings. The molecule has 126 valence electrons. The molecule has 1 N–H and O–H groups in total. The van der Waals surface area contributed by atoms with Crippen molar-refractivity contribution in [1.29, 1.82) is 0 Å². The van der Waals surface area contributed by atoms with Crippen LogP contribution in [0.3, 0.4) is 0 Å². The van der Waals surface area contributed by atoms with E-state index in [4.69, 9.17) is 4.74 Å². The summed E-state index contributed by atoms with van der Waals surface area (Å²) in [6.45, 7) is 2.19. The van der Waals surface area contributed by atoms with Crippen LogP contribution in [0.4, 0.5) is 5.69 Å². The van der Waals surface area contributed by atoms with Gasteiger partial charge in [0.15, 0.2) is 0 Å². The van der Waals surface area contributed by atoms with E-state index in [1.165, 1.54) is 5.56 Å². The molecule has 0 saturated carbocycles. The highest BCUT2D eigenvalue weighted by atomic mass is 16.5. The van der Waals surface area contributed by atoms with Gasteiger partial charge in [0, 0.05) is 37.3 Å². The molecule has 1 amide bonds. The van der Waals surface area contributed by atoms with Crippen LogP contribution in [-0.4, -0.2) is 26.1 Å². The molecule has 1 heterocycles. The van der Waals surface area contributed by atoms with Crippen LogP contribution in [0.1, 0.15) is 24.0 Å². The Kier molecular flexibility index (Phi) is 5.49. The molecule has 1 aliphatic heterocycles. The van der Waals surface area contributed by atoms with Crippen molar-refractivity contribution in [2.75, 3.05) is 25.1 Å². The van der Waals surface area contributed by atoms with Crippen molar-refractivity contribution in [3.8, 4) is 5.75 Å². The summed E-state index contributed by atoms with van der Waals surface area (Å²) in [6.07, 6.45) is 2.60. The average Bonchev–Trinajstić information content (AvgIpc) is 2.65. The third-order valence-electron chi connectivity index (χ3n) is 4.43. The molecule has 0 saturated heterocycles. The van der Waals surface area contributed by atoms with Crippen LogP contribution in [0.25, 0.3) is 0 Å². The smallest absolute Gasteiger partial charge is 0.228 e. The maximum absolute atomic E-state index is 12.6. The molecule has 24 heavy (non-hydrogen) atoms. The molecule has 2 aromatic rings. The molecule has 0 atom stereocenters. The second kappa shape index (κ2) is 7.97. The fraction of sp³-hybridized carbons (Fsp3) is 0.350. The number of hydrogen-bond acceptors (Lipinski definition) is 3. The van der Waals surface area contributed by atoms with Crippen LogP contribution in [-0.2, 0) is 17.8 Å². The number of para-hydroxylation sites is 2.